The van der Waals surface area contributed by atoms with Crippen LogP contribution in [0.1, 0.15) is 27.3 Å². The van der Waals surface area contributed by atoms with Crippen LogP contribution in [0.15, 0.2) is 12.1 Å². The van der Waals surface area contributed by atoms with Crippen molar-refractivity contribution in [2.24, 2.45) is 0 Å². The Morgan fingerprint density at radius 1 is 1.12 bits per heavy atom. The van der Waals surface area contributed by atoms with Gasteiger partial charge >= 0.3 is 0 Å². The van der Waals surface area contributed by atoms with E-state index in [-0.39, 0.29) is 5.91 Å². The number of carbonyl (C=O) groups excluding carboxylic acids is 1. The molecular formula is C17H23N3O4. The Morgan fingerprint density at radius 3 is 2.21 bits per heavy atom. The summed E-state index contributed by atoms with van der Waals surface area (Å²) in [6.07, 6.45) is 0.713. The van der Waals surface area contributed by atoms with E-state index in [0.29, 0.717) is 35.8 Å². The van der Waals surface area contributed by atoms with Crippen molar-refractivity contribution >= 4 is 5.91 Å². The molecule has 24 heavy (non-hydrogen) atoms. The van der Waals surface area contributed by atoms with Crippen molar-refractivity contribution in [1.29, 1.82) is 0 Å². The molecule has 0 saturated carbocycles. The van der Waals surface area contributed by atoms with Gasteiger partial charge in [-0.05, 0) is 38.0 Å². The van der Waals surface area contributed by atoms with Gasteiger partial charge in [-0.25, -0.2) is 0 Å². The molecule has 0 radical (unpaired) electrons. The van der Waals surface area contributed by atoms with E-state index < -0.39 is 0 Å². The fourth-order valence-corrected chi connectivity index (χ4v) is 2.56. The number of methoxy groups -OCH3 is 3. The van der Waals surface area contributed by atoms with Gasteiger partial charge in [0.2, 0.25) is 5.75 Å². The highest BCUT2D eigenvalue weighted by atomic mass is 16.5. The van der Waals surface area contributed by atoms with Crippen molar-refractivity contribution in [2.45, 2.75) is 20.3 Å². The van der Waals surface area contributed by atoms with Crippen LogP contribution >= 0.6 is 0 Å². The summed E-state index contributed by atoms with van der Waals surface area (Å²) in [6, 6.07) is 3.26. The lowest BCUT2D eigenvalue weighted by Gasteiger charge is -2.14. The average molecular weight is 333 g/mol. The second kappa shape index (κ2) is 7.72. The molecule has 0 unspecified atom stereocenters. The summed E-state index contributed by atoms with van der Waals surface area (Å²) in [4.78, 5) is 12.4. The standard InChI is InChI=1S/C17H23N3O4/c1-10-13(11(2)20-19-10)6-7-18-17(21)12-8-14(22-3)16(24-5)15(9-12)23-4/h8-9H,6-7H2,1-5H3,(H,18,21)(H,19,20). The Labute approximate surface area is 141 Å². The number of nitrogens with zero attached hydrogens (tertiary/aromatic N) is 1. The van der Waals surface area contributed by atoms with Crippen molar-refractivity contribution in [3.63, 3.8) is 0 Å². The fraction of sp³-hybridized carbons (Fsp3) is 0.412. The number of hydrogen-bond acceptors (Lipinski definition) is 5. The van der Waals surface area contributed by atoms with Crippen LogP contribution in [0.4, 0.5) is 0 Å². The molecule has 7 heteroatoms. The minimum atomic E-state index is -0.201. The van der Waals surface area contributed by atoms with Gasteiger partial charge in [0.05, 0.1) is 27.0 Å². The number of amides is 1. The molecule has 2 aromatic rings. The van der Waals surface area contributed by atoms with Gasteiger partial charge in [-0.1, -0.05) is 0 Å². The number of aromatic amines is 1. The van der Waals surface area contributed by atoms with Gasteiger partial charge in [-0.15, -0.1) is 0 Å². The average Bonchev–Trinajstić information content (AvgIpc) is 2.91. The second-order valence-corrected chi connectivity index (χ2v) is 5.33. The van der Waals surface area contributed by atoms with Crippen LogP contribution in [0.25, 0.3) is 0 Å². The van der Waals surface area contributed by atoms with Crippen LogP contribution in [-0.4, -0.2) is 44.0 Å². The summed E-state index contributed by atoms with van der Waals surface area (Å²) in [5, 5.41) is 9.99. The Bertz CT molecular complexity index is 680. The van der Waals surface area contributed by atoms with E-state index in [1.807, 2.05) is 13.8 Å². The van der Waals surface area contributed by atoms with Crippen LogP contribution in [0, 0.1) is 13.8 Å². The van der Waals surface area contributed by atoms with Gasteiger partial charge in [0.25, 0.3) is 5.91 Å². The van der Waals surface area contributed by atoms with Crippen LogP contribution < -0.4 is 19.5 Å². The van der Waals surface area contributed by atoms with E-state index in [4.69, 9.17) is 14.2 Å². The molecule has 1 aromatic carbocycles. The maximum atomic E-state index is 12.4. The van der Waals surface area contributed by atoms with Crippen LogP contribution in [-0.2, 0) is 6.42 Å². The molecule has 1 heterocycles. The Kier molecular flexibility index (Phi) is 5.68. The van der Waals surface area contributed by atoms with Gasteiger partial charge in [0, 0.05) is 17.8 Å². The normalized spacial score (nSPS) is 10.4. The van der Waals surface area contributed by atoms with E-state index in [9.17, 15) is 4.79 Å². The summed E-state index contributed by atoms with van der Waals surface area (Å²) in [7, 11) is 4.56. The molecule has 2 N–H and O–H groups in total. The van der Waals surface area contributed by atoms with Gasteiger partial charge in [0.15, 0.2) is 11.5 Å². The molecule has 0 atom stereocenters. The second-order valence-electron chi connectivity index (χ2n) is 5.33. The summed E-state index contributed by atoms with van der Waals surface area (Å²) in [5.41, 5.74) is 3.55. The van der Waals surface area contributed by atoms with Gasteiger partial charge in [-0.3, -0.25) is 9.89 Å². The lowest BCUT2D eigenvalue weighted by molar-refractivity contribution is 0.0953. The number of ether oxygens (including phenoxy) is 3. The van der Waals surface area contributed by atoms with Crippen molar-refractivity contribution in [1.82, 2.24) is 15.5 Å². The number of aryl methyl sites for hydroxylation is 2. The summed E-state index contributed by atoms with van der Waals surface area (Å²) < 4.78 is 15.8. The largest absolute Gasteiger partial charge is 0.493 e. The Morgan fingerprint density at radius 2 is 1.75 bits per heavy atom. The zero-order chi connectivity index (χ0) is 17.7. The highest BCUT2D eigenvalue weighted by Crippen LogP contribution is 2.38. The smallest absolute Gasteiger partial charge is 0.251 e. The first-order valence-electron chi connectivity index (χ1n) is 7.60. The predicted molar refractivity (Wildman–Crippen MR) is 90.2 cm³/mol. The molecule has 0 aliphatic heterocycles. The summed E-state index contributed by atoms with van der Waals surface area (Å²) in [6.45, 7) is 4.42. The number of nitrogens with one attached hydrogen (secondary N) is 2. The number of benzene rings is 1. The number of aromatic nitrogens is 2. The first-order chi connectivity index (χ1) is 11.5. The third kappa shape index (κ3) is 3.61. The fourth-order valence-electron chi connectivity index (χ4n) is 2.56. The van der Waals surface area contributed by atoms with E-state index in [1.54, 1.807) is 12.1 Å². The zero-order valence-electron chi connectivity index (χ0n) is 14.6. The molecule has 0 spiro atoms. The molecule has 0 aliphatic carbocycles. The maximum Gasteiger partial charge on any atom is 0.251 e. The molecule has 130 valence electrons. The van der Waals surface area contributed by atoms with E-state index >= 15 is 0 Å². The van der Waals surface area contributed by atoms with Crippen LogP contribution in [0.2, 0.25) is 0 Å². The predicted octanol–water partition coefficient (Wildman–Crippen LogP) is 2.02. The van der Waals surface area contributed by atoms with Gasteiger partial charge in [0.1, 0.15) is 0 Å². The van der Waals surface area contributed by atoms with Crippen molar-refractivity contribution < 1.29 is 19.0 Å². The minimum absolute atomic E-state index is 0.201. The quantitative estimate of drug-likeness (QED) is 0.810. The minimum Gasteiger partial charge on any atom is -0.493 e. The molecule has 1 amide bonds. The summed E-state index contributed by atoms with van der Waals surface area (Å²) in [5.74, 6) is 1.15. The van der Waals surface area contributed by atoms with E-state index in [2.05, 4.69) is 15.5 Å². The molecule has 0 aliphatic rings. The molecule has 2 rings (SSSR count). The highest BCUT2D eigenvalue weighted by molar-refractivity contribution is 5.95. The first kappa shape index (κ1) is 17.7. The third-order valence-electron chi connectivity index (χ3n) is 3.87. The topological polar surface area (TPSA) is 85.5 Å². The van der Waals surface area contributed by atoms with E-state index in [0.717, 1.165) is 17.0 Å². The molecule has 0 bridgehead atoms. The molecule has 0 saturated heterocycles. The van der Waals surface area contributed by atoms with Gasteiger partial charge in [-0.2, -0.15) is 5.10 Å². The zero-order valence-corrected chi connectivity index (χ0v) is 14.6. The van der Waals surface area contributed by atoms with Crippen LogP contribution in [0.3, 0.4) is 0 Å². The van der Waals surface area contributed by atoms with Crippen molar-refractivity contribution in [3.05, 3.63) is 34.6 Å². The summed E-state index contributed by atoms with van der Waals surface area (Å²) >= 11 is 0. The lowest BCUT2D eigenvalue weighted by atomic mass is 10.1. The molecule has 0 fully saturated rings. The number of H-pyrrole nitrogens is 1. The molecule has 7 nitrogen and oxygen atoms in total. The van der Waals surface area contributed by atoms with Gasteiger partial charge < -0.3 is 19.5 Å². The molecule has 1 aromatic heterocycles. The third-order valence-corrected chi connectivity index (χ3v) is 3.87. The maximum absolute atomic E-state index is 12.4. The number of rotatable bonds is 7. The Balaban J connectivity index is 2.09. The molecular weight excluding hydrogens is 310 g/mol. The number of hydrogen-bond donors (Lipinski definition) is 2. The van der Waals surface area contributed by atoms with Crippen LogP contribution in [0.5, 0.6) is 17.2 Å². The van der Waals surface area contributed by atoms with Crippen molar-refractivity contribution in [2.75, 3.05) is 27.9 Å². The monoisotopic (exact) mass is 333 g/mol. The SMILES string of the molecule is COc1cc(C(=O)NCCc2c(C)n[nH]c2C)cc(OC)c1OC. The van der Waals surface area contributed by atoms with E-state index in [1.165, 1.54) is 21.3 Å². The van der Waals surface area contributed by atoms with Crippen molar-refractivity contribution in [3.8, 4) is 17.2 Å². The Hall–Kier alpha value is -2.70. The number of carbonyl (C=O) groups is 1. The first-order valence-corrected chi connectivity index (χ1v) is 7.60. The lowest BCUT2D eigenvalue weighted by Crippen LogP contribution is -2.26. The highest BCUT2D eigenvalue weighted by Gasteiger charge is 2.17.